The molecule has 1 aliphatic rings. The Kier molecular flexibility index (Phi) is 6.47. The molecule has 1 fully saturated rings. The standard InChI is InChI=1S/C21H26N2O3S2/c1-15-12-16(2)14-18(13-15)22-21(24)17-8-10-23(11-9-17)28(25,26)20-6-4-19(27-3)5-7-20/h4-7,12-14,17H,8-11H2,1-3H3,(H,22,24). The first-order valence-electron chi connectivity index (χ1n) is 9.33. The third-order valence-electron chi connectivity index (χ3n) is 5.01. The van der Waals surface area contributed by atoms with Crippen LogP contribution in [0.3, 0.4) is 0 Å². The lowest BCUT2D eigenvalue weighted by Crippen LogP contribution is -2.41. The van der Waals surface area contributed by atoms with Crippen LogP contribution in [0.4, 0.5) is 5.69 Å². The molecular weight excluding hydrogens is 392 g/mol. The number of thioether (sulfide) groups is 1. The molecule has 150 valence electrons. The first-order chi connectivity index (χ1) is 13.3. The van der Waals surface area contributed by atoms with Gasteiger partial charge in [0.1, 0.15) is 0 Å². The van der Waals surface area contributed by atoms with E-state index in [4.69, 9.17) is 0 Å². The van der Waals surface area contributed by atoms with Crippen LogP contribution < -0.4 is 5.32 Å². The van der Waals surface area contributed by atoms with Crippen LogP contribution in [0.15, 0.2) is 52.3 Å². The van der Waals surface area contributed by atoms with E-state index in [9.17, 15) is 13.2 Å². The number of benzene rings is 2. The second-order valence-corrected chi connectivity index (χ2v) is 10.0. The van der Waals surface area contributed by atoms with Crippen LogP contribution in [0.5, 0.6) is 0 Å². The highest BCUT2D eigenvalue weighted by Crippen LogP contribution is 2.26. The topological polar surface area (TPSA) is 66.5 Å². The lowest BCUT2D eigenvalue weighted by Gasteiger charge is -2.30. The zero-order valence-electron chi connectivity index (χ0n) is 16.4. The SMILES string of the molecule is CSc1ccc(S(=O)(=O)N2CCC(C(=O)Nc3cc(C)cc(C)c3)CC2)cc1. The number of piperidine rings is 1. The van der Waals surface area contributed by atoms with Crippen molar-refractivity contribution in [3.63, 3.8) is 0 Å². The zero-order valence-corrected chi connectivity index (χ0v) is 18.1. The maximum atomic E-state index is 12.8. The van der Waals surface area contributed by atoms with E-state index in [1.807, 2.05) is 44.4 Å². The van der Waals surface area contributed by atoms with Gasteiger partial charge in [0.2, 0.25) is 15.9 Å². The van der Waals surface area contributed by atoms with Crippen molar-refractivity contribution < 1.29 is 13.2 Å². The number of carbonyl (C=O) groups excluding carboxylic acids is 1. The number of anilines is 1. The number of rotatable bonds is 5. The fourth-order valence-corrected chi connectivity index (χ4v) is 5.42. The molecule has 1 N–H and O–H groups in total. The Morgan fingerprint density at radius 3 is 2.14 bits per heavy atom. The fourth-order valence-electron chi connectivity index (χ4n) is 3.55. The minimum absolute atomic E-state index is 0.0358. The molecule has 1 aliphatic heterocycles. The summed E-state index contributed by atoms with van der Waals surface area (Å²) in [6.07, 6.45) is 3.01. The van der Waals surface area contributed by atoms with Gasteiger partial charge in [-0.1, -0.05) is 6.07 Å². The van der Waals surface area contributed by atoms with Crippen molar-refractivity contribution in [1.82, 2.24) is 4.31 Å². The number of nitrogens with one attached hydrogen (secondary N) is 1. The van der Waals surface area contributed by atoms with Crippen molar-refractivity contribution in [3.8, 4) is 0 Å². The van der Waals surface area contributed by atoms with Crippen molar-refractivity contribution in [2.75, 3.05) is 24.7 Å². The molecule has 0 spiro atoms. The summed E-state index contributed by atoms with van der Waals surface area (Å²) < 4.78 is 27.2. The Bertz CT molecular complexity index is 928. The number of aryl methyl sites for hydroxylation is 2. The summed E-state index contributed by atoms with van der Waals surface area (Å²) in [6, 6.07) is 12.9. The van der Waals surface area contributed by atoms with Gasteiger partial charge in [-0.05, 0) is 80.5 Å². The van der Waals surface area contributed by atoms with E-state index in [0.717, 1.165) is 21.7 Å². The van der Waals surface area contributed by atoms with Crippen molar-refractivity contribution >= 4 is 33.4 Å². The van der Waals surface area contributed by atoms with Gasteiger partial charge in [0, 0.05) is 29.6 Å². The van der Waals surface area contributed by atoms with E-state index in [-0.39, 0.29) is 11.8 Å². The maximum absolute atomic E-state index is 12.8. The van der Waals surface area contributed by atoms with Gasteiger partial charge in [0.05, 0.1) is 4.90 Å². The number of carbonyl (C=O) groups is 1. The Morgan fingerprint density at radius 2 is 1.61 bits per heavy atom. The average molecular weight is 419 g/mol. The quantitative estimate of drug-likeness (QED) is 0.744. The Labute approximate surface area is 171 Å². The van der Waals surface area contributed by atoms with E-state index in [1.54, 1.807) is 23.9 Å². The van der Waals surface area contributed by atoms with Crippen LogP contribution >= 0.6 is 11.8 Å². The normalized spacial score (nSPS) is 16.1. The van der Waals surface area contributed by atoms with Crippen LogP contribution in [0.1, 0.15) is 24.0 Å². The Hall–Kier alpha value is -1.83. The van der Waals surface area contributed by atoms with Crippen molar-refractivity contribution in [2.45, 2.75) is 36.5 Å². The van der Waals surface area contributed by atoms with E-state index in [0.29, 0.717) is 30.8 Å². The molecule has 2 aromatic rings. The van der Waals surface area contributed by atoms with Crippen molar-refractivity contribution in [3.05, 3.63) is 53.6 Å². The number of amides is 1. The van der Waals surface area contributed by atoms with Gasteiger partial charge in [-0.15, -0.1) is 11.8 Å². The van der Waals surface area contributed by atoms with Gasteiger partial charge >= 0.3 is 0 Å². The molecule has 0 radical (unpaired) electrons. The predicted octanol–water partition coefficient (Wildman–Crippen LogP) is 4.06. The molecule has 5 nitrogen and oxygen atoms in total. The van der Waals surface area contributed by atoms with Crippen molar-refractivity contribution in [2.24, 2.45) is 5.92 Å². The summed E-state index contributed by atoms with van der Waals surface area (Å²) in [5.41, 5.74) is 3.00. The first-order valence-corrected chi connectivity index (χ1v) is 12.0. The fraction of sp³-hybridized carbons (Fsp3) is 0.381. The van der Waals surface area contributed by atoms with Gasteiger partial charge in [-0.2, -0.15) is 4.31 Å². The van der Waals surface area contributed by atoms with Crippen LogP contribution in [0, 0.1) is 19.8 Å². The largest absolute Gasteiger partial charge is 0.326 e. The number of sulfonamides is 1. The van der Waals surface area contributed by atoms with Crippen LogP contribution in [0.25, 0.3) is 0 Å². The summed E-state index contributed by atoms with van der Waals surface area (Å²) in [5, 5.41) is 2.98. The molecule has 0 aromatic heterocycles. The highest BCUT2D eigenvalue weighted by molar-refractivity contribution is 7.98. The van der Waals surface area contributed by atoms with Crippen LogP contribution in [0.2, 0.25) is 0 Å². The van der Waals surface area contributed by atoms with E-state index in [1.165, 1.54) is 4.31 Å². The summed E-state index contributed by atoms with van der Waals surface area (Å²) in [7, 11) is -3.51. The molecule has 0 saturated carbocycles. The minimum Gasteiger partial charge on any atom is -0.326 e. The molecule has 0 atom stereocenters. The third kappa shape index (κ3) is 4.77. The highest BCUT2D eigenvalue weighted by Gasteiger charge is 2.32. The Balaban J connectivity index is 1.62. The molecule has 7 heteroatoms. The van der Waals surface area contributed by atoms with Gasteiger partial charge < -0.3 is 5.32 Å². The molecule has 0 aliphatic carbocycles. The van der Waals surface area contributed by atoms with E-state index >= 15 is 0 Å². The predicted molar refractivity (Wildman–Crippen MR) is 114 cm³/mol. The average Bonchev–Trinajstić information content (AvgIpc) is 2.67. The summed E-state index contributed by atoms with van der Waals surface area (Å²) >= 11 is 1.58. The molecule has 1 saturated heterocycles. The second-order valence-electron chi connectivity index (χ2n) is 7.22. The monoisotopic (exact) mass is 418 g/mol. The van der Waals surface area contributed by atoms with Crippen molar-refractivity contribution in [1.29, 1.82) is 0 Å². The lowest BCUT2D eigenvalue weighted by atomic mass is 9.97. The van der Waals surface area contributed by atoms with E-state index < -0.39 is 10.0 Å². The van der Waals surface area contributed by atoms with E-state index in [2.05, 4.69) is 11.4 Å². The Morgan fingerprint density at radius 1 is 1.04 bits per heavy atom. The minimum atomic E-state index is -3.51. The van der Waals surface area contributed by atoms with Gasteiger partial charge in [-0.25, -0.2) is 8.42 Å². The lowest BCUT2D eigenvalue weighted by molar-refractivity contribution is -0.120. The number of hydrogen-bond donors (Lipinski definition) is 1. The molecule has 2 aromatic carbocycles. The van der Waals surface area contributed by atoms with Gasteiger partial charge in [0.25, 0.3) is 0 Å². The number of nitrogens with zero attached hydrogens (tertiary/aromatic N) is 1. The molecule has 3 rings (SSSR count). The van der Waals surface area contributed by atoms with Crippen LogP contribution in [-0.4, -0.2) is 38.0 Å². The second kappa shape index (κ2) is 8.68. The highest BCUT2D eigenvalue weighted by atomic mass is 32.2. The van der Waals surface area contributed by atoms with Gasteiger partial charge in [-0.3, -0.25) is 4.79 Å². The third-order valence-corrected chi connectivity index (χ3v) is 7.67. The number of hydrogen-bond acceptors (Lipinski definition) is 4. The van der Waals surface area contributed by atoms with Gasteiger partial charge in [0.15, 0.2) is 0 Å². The molecule has 28 heavy (non-hydrogen) atoms. The first kappa shape index (κ1) is 20.9. The maximum Gasteiger partial charge on any atom is 0.243 e. The molecular formula is C21H26N2O3S2. The smallest absolute Gasteiger partial charge is 0.243 e. The molecule has 0 bridgehead atoms. The molecule has 1 amide bonds. The summed E-state index contributed by atoms with van der Waals surface area (Å²) in [6.45, 7) is 4.71. The summed E-state index contributed by atoms with van der Waals surface area (Å²) in [5.74, 6) is -0.211. The molecule has 1 heterocycles. The van der Waals surface area contributed by atoms with Crippen LogP contribution in [-0.2, 0) is 14.8 Å². The molecule has 0 unspecified atom stereocenters. The zero-order chi connectivity index (χ0) is 20.3. The summed E-state index contributed by atoms with van der Waals surface area (Å²) in [4.78, 5) is 13.9.